The zero-order valence-electron chi connectivity index (χ0n) is 11.2. The van der Waals surface area contributed by atoms with E-state index in [2.05, 4.69) is 17.2 Å². The van der Waals surface area contributed by atoms with E-state index in [1.165, 1.54) is 0 Å². The summed E-state index contributed by atoms with van der Waals surface area (Å²) in [5.41, 5.74) is 0.829. The molecule has 4 N–H and O–H groups in total. The molecule has 0 amide bonds. The molecule has 1 aromatic rings. The summed E-state index contributed by atoms with van der Waals surface area (Å²) in [5.74, 6) is 5.31. The third-order valence-corrected chi connectivity index (χ3v) is 2.20. The van der Waals surface area contributed by atoms with E-state index in [4.69, 9.17) is 32.1 Å². The molecule has 0 aliphatic carbocycles. The van der Waals surface area contributed by atoms with Gasteiger partial charge in [-0.25, -0.2) is 4.57 Å². The van der Waals surface area contributed by atoms with E-state index in [1.807, 2.05) is 37.3 Å². The highest BCUT2D eigenvalue weighted by atomic mass is 31.2. The monoisotopic (exact) mass is 295 g/mol. The van der Waals surface area contributed by atoms with E-state index in [0.29, 0.717) is 12.8 Å². The van der Waals surface area contributed by atoms with Gasteiger partial charge in [0.05, 0.1) is 5.54 Å². The van der Waals surface area contributed by atoms with Crippen molar-refractivity contribution in [1.29, 1.82) is 0 Å². The van der Waals surface area contributed by atoms with Crippen LogP contribution in [-0.2, 0) is 4.57 Å². The van der Waals surface area contributed by atoms with E-state index in [-0.39, 0.29) is 5.54 Å². The number of nitrogens with one attached hydrogen (secondary N) is 1. The molecule has 1 aromatic carbocycles. The van der Waals surface area contributed by atoms with Crippen molar-refractivity contribution >= 4 is 13.5 Å². The van der Waals surface area contributed by atoms with Crippen LogP contribution in [0.2, 0.25) is 0 Å². The Hall–Kier alpha value is -1.75. The van der Waals surface area contributed by atoms with Crippen LogP contribution in [0.25, 0.3) is 0 Å². The molecule has 0 aromatic heterocycles. The Kier molecular flexibility index (Phi) is 7.69. The fourth-order valence-electron chi connectivity index (χ4n) is 1.47. The quantitative estimate of drug-likeness (QED) is 0.504. The summed E-state index contributed by atoms with van der Waals surface area (Å²) in [4.78, 5) is 21.6. The van der Waals surface area contributed by atoms with Crippen molar-refractivity contribution < 1.29 is 19.2 Å². The molecule has 0 spiro atoms. The molecule has 0 aliphatic heterocycles. The Bertz CT molecular complexity index is 500. The van der Waals surface area contributed by atoms with Gasteiger partial charge in [-0.1, -0.05) is 18.2 Å². The Morgan fingerprint density at radius 2 is 1.55 bits per heavy atom. The Morgan fingerprint density at radius 1 is 1.15 bits per heavy atom. The van der Waals surface area contributed by atoms with Crippen molar-refractivity contribution in [3.05, 3.63) is 30.3 Å². The highest BCUT2D eigenvalue weighted by molar-refractivity contribution is 7.45. The SMILES string of the molecule is C#CCC(C)(CC#C)Nc1ccccc1.O=P(O)(O)O. The molecule has 0 atom stereocenters. The molecule has 0 fully saturated rings. The molecule has 6 heteroatoms. The fourth-order valence-corrected chi connectivity index (χ4v) is 1.47. The van der Waals surface area contributed by atoms with Gasteiger partial charge in [0.1, 0.15) is 0 Å². The van der Waals surface area contributed by atoms with E-state index >= 15 is 0 Å². The molecule has 108 valence electrons. The molecule has 1 rings (SSSR count). The lowest BCUT2D eigenvalue weighted by atomic mass is 9.94. The molecule has 0 aliphatic rings. The number of rotatable bonds is 4. The molecule has 0 saturated heterocycles. The van der Waals surface area contributed by atoms with Gasteiger partial charge in [0.25, 0.3) is 0 Å². The minimum atomic E-state index is -4.64. The molecule has 0 heterocycles. The lowest BCUT2D eigenvalue weighted by molar-refractivity contribution is 0.275. The van der Waals surface area contributed by atoms with E-state index in [0.717, 1.165) is 5.69 Å². The summed E-state index contributed by atoms with van der Waals surface area (Å²) in [5, 5.41) is 3.37. The van der Waals surface area contributed by atoms with Crippen LogP contribution in [-0.4, -0.2) is 20.2 Å². The van der Waals surface area contributed by atoms with E-state index in [9.17, 15) is 0 Å². The van der Waals surface area contributed by atoms with Gasteiger partial charge in [-0.05, 0) is 19.1 Å². The number of phosphoric acid groups is 1. The van der Waals surface area contributed by atoms with Gasteiger partial charge in [-0.2, -0.15) is 0 Å². The first-order valence-corrected chi connectivity index (χ1v) is 7.25. The molecule has 0 saturated carbocycles. The third-order valence-electron chi connectivity index (χ3n) is 2.20. The van der Waals surface area contributed by atoms with Crippen molar-refractivity contribution in [2.24, 2.45) is 0 Å². The van der Waals surface area contributed by atoms with Crippen LogP contribution in [0, 0.1) is 24.7 Å². The minimum Gasteiger partial charge on any atom is -0.378 e. The van der Waals surface area contributed by atoms with Gasteiger partial charge in [0.2, 0.25) is 0 Å². The molecule has 5 nitrogen and oxygen atoms in total. The first kappa shape index (κ1) is 18.2. The van der Waals surface area contributed by atoms with Crippen molar-refractivity contribution in [2.75, 3.05) is 5.32 Å². The lowest BCUT2D eigenvalue weighted by Gasteiger charge is -2.28. The zero-order valence-corrected chi connectivity index (χ0v) is 12.0. The van der Waals surface area contributed by atoms with Crippen LogP contribution in [0.4, 0.5) is 5.69 Å². The summed E-state index contributed by atoms with van der Waals surface area (Å²) in [7, 11) is -4.64. The van der Waals surface area contributed by atoms with Crippen molar-refractivity contribution in [3.63, 3.8) is 0 Å². The molecule has 0 unspecified atom stereocenters. The van der Waals surface area contributed by atoms with Crippen molar-refractivity contribution in [1.82, 2.24) is 0 Å². The molecular weight excluding hydrogens is 277 g/mol. The summed E-state index contributed by atoms with van der Waals surface area (Å²) in [6, 6.07) is 9.95. The Morgan fingerprint density at radius 3 is 1.90 bits per heavy atom. The lowest BCUT2D eigenvalue weighted by Crippen LogP contribution is -2.33. The summed E-state index contributed by atoms with van der Waals surface area (Å²) in [6.45, 7) is 2.04. The van der Waals surface area contributed by atoms with Gasteiger partial charge in [-0.3, -0.25) is 0 Å². The number of hydrogen-bond acceptors (Lipinski definition) is 2. The van der Waals surface area contributed by atoms with Gasteiger partial charge >= 0.3 is 7.82 Å². The number of terminal acetylenes is 2. The summed E-state index contributed by atoms with van der Waals surface area (Å²) < 4.78 is 8.88. The minimum absolute atomic E-state index is 0.217. The number of benzene rings is 1. The molecule has 0 radical (unpaired) electrons. The van der Waals surface area contributed by atoms with Gasteiger partial charge in [0, 0.05) is 18.5 Å². The van der Waals surface area contributed by atoms with E-state index < -0.39 is 7.82 Å². The average molecular weight is 295 g/mol. The Balaban J connectivity index is 0.000000621. The predicted octanol–water partition coefficient (Wildman–Crippen LogP) is 1.98. The van der Waals surface area contributed by atoms with Crippen molar-refractivity contribution in [3.8, 4) is 24.7 Å². The zero-order chi connectivity index (χ0) is 15.6. The molecular formula is C14H18NO4P. The standard InChI is InChI=1S/C14H15N.H3O4P/c1-4-11-14(3,12-5-2)15-13-9-7-6-8-10-13;1-5(2,3)4/h1-2,6-10,15H,11-12H2,3H3;(H3,1,2,3,4). The maximum atomic E-state index is 8.88. The van der Waals surface area contributed by atoms with Gasteiger partial charge in [0.15, 0.2) is 0 Å². The van der Waals surface area contributed by atoms with Crippen LogP contribution in [0.3, 0.4) is 0 Å². The van der Waals surface area contributed by atoms with Crippen LogP contribution in [0.15, 0.2) is 30.3 Å². The smallest absolute Gasteiger partial charge is 0.378 e. The second kappa shape index (κ2) is 8.43. The predicted molar refractivity (Wildman–Crippen MR) is 79.6 cm³/mol. The number of hydrogen-bond donors (Lipinski definition) is 4. The summed E-state index contributed by atoms with van der Waals surface area (Å²) in [6.07, 6.45) is 11.9. The highest BCUT2D eigenvalue weighted by Gasteiger charge is 2.21. The second-order valence-corrected chi connectivity index (χ2v) is 5.35. The number of para-hydroxylation sites is 1. The van der Waals surface area contributed by atoms with Crippen LogP contribution in [0.1, 0.15) is 19.8 Å². The molecule has 20 heavy (non-hydrogen) atoms. The normalized spacial score (nSPS) is 10.5. The van der Waals surface area contributed by atoms with Crippen LogP contribution < -0.4 is 5.32 Å². The highest BCUT2D eigenvalue weighted by Crippen LogP contribution is 2.25. The second-order valence-electron chi connectivity index (χ2n) is 4.33. The fraction of sp³-hybridized carbons (Fsp3) is 0.286. The first-order valence-electron chi connectivity index (χ1n) is 5.68. The largest absolute Gasteiger partial charge is 0.466 e. The molecule has 0 bridgehead atoms. The van der Waals surface area contributed by atoms with E-state index in [1.54, 1.807) is 0 Å². The topological polar surface area (TPSA) is 89.8 Å². The maximum Gasteiger partial charge on any atom is 0.466 e. The van der Waals surface area contributed by atoms with Gasteiger partial charge < -0.3 is 20.0 Å². The van der Waals surface area contributed by atoms with Crippen LogP contribution in [0.5, 0.6) is 0 Å². The summed E-state index contributed by atoms with van der Waals surface area (Å²) >= 11 is 0. The van der Waals surface area contributed by atoms with Crippen LogP contribution >= 0.6 is 7.82 Å². The first-order chi connectivity index (χ1) is 9.20. The maximum absolute atomic E-state index is 8.88. The van der Waals surface area contributed by atoms with Gasteiger partial charge in [-0.15, -0.1) is 24.7 Å². The Labute approximate surface area is 119 Å². The third kappa shape index (κ3) is 10.2. The van der Waals surface area contributed by atoms with Crippen molar-refractivity contribution in [2.45, 2.75) is 25.3 Å². The average Bonchev–Trinajstić information content (AvgIpc) is 2.28. The number of anilines is 1.